The topological polar surface area (TPSA) is 30.5 Å². The molecule has 3 heteroatoms. The quantitative estimate of drug-likeness (QED) is 0.822. The molecule has 1 saturated carbocycles. The van der Waals surface area contributed by atoms with Crippen LogP contribution in [0.3, 0.4) is 0 Å². The Morgan fingerprint density at radius 3 is 2.65 bits per heavy atom. The van der Waals surface area contributed by atoms with Crippen LogP contribution in [0.2, 0.25) is 0 Å². The summed E-state index contributed by atoms with van der Waals surface area (Å²) in [6.07, 6.45) is 4.15. The molecule has 0 heterocycles. The average molecular weight is 235 g/mol. The van der Waals surface area contributed by atoms with Crippen LogP contribution in [0, 0.1) is 5.92 Å². The van der Waals surface area contributed by atoms with Gasteiger partial charge in [-0.15, -0.1) is 0 Å². The summed E-state index contributed by atoms with van der Waals surface area (Å²) in [5.74, 6) is 2.53. The highest BCUT2D eigenvalue weighted by atomic mass is 16.5. The first-order valence-corrected chi connectivity index (χ1v) is 6.25. The molecule has 0 aliphatic heterocycles. The largest absolute Gasteiger partial charge is 0.493 e. The van der Waals surface area contributed by atoms with Crippen LogP contribution in [0.15, 0.2) is 18.2 Å². The van der Waals surface area contributed by atoms with Gasteiger partial charge in [-0.05, 0) is 31.4 Å². The number of ether oxygens (including phenoxy) is 2. The van der Waals surface area contributed by atoms with Crippen molar-refractivity contribution < 1.29 is 9.47 Å². The summed E-state index contributed by atoms with van der Waals surface area (Å²) < 4.78 is 10.7. The fourth-order valence-electron chi connectivity index (χ4n) is 2.20. The number of hydrogen-bond donors (Lipinski definition) is 1. The molecule has 17 heavy (non-hydrogen) atoms. The van der Waals surface area contributed by atoms with Gasteiger partial charge in [-0.2, -0.15) is 0 Å². The summed E-state index contributed by atoms with van der Waals surface area (Å²) >= 11 is 0. The van der Waals surface area contributed by atoms with Gasteiger partial charge in [0.2, 0.25) is 0 Å². The van der Waals surface area contributed by atoms with E-state index in [2.05, 4.69) is 11.4 Å². The predicted octanol–water partition coefficient (Wildman–Crippen LogP) is 2.59. The van der Waals surface area contributed by atoms with E-state index in [4.69, 9.17) is 9.47 Å². The summed E-state index contributed by atoms with van der Waals surface area (Å²) in [4.78, 5) is 0. The third kappa shape index (κ3) is 2.91. The van der Waals surface area contributed by atoms with Crippen molar-refractivity contribution in [2.75, 3.05) is 20.8 Å². The van der Waals surface area contributed by atoms with E-state index in [1.165, 1.54) is 19.3 Å². The fraction of sp³-hybridized carbons (Fsp3) is 0.571. The van der Waals surface area contributed by atoms with E-state index in [9.17, 15) is 0 Å². The maximum atomic E-state index is 5.40. The van der Waals surface area contributed by atoms with Crippen LogP contribution >= 0.6 is 0 Å². The van der Waals surface area contributed by atoms with E-state index >= 15 is 0 Å². The van der Waals surface area contributed by atoms with Crippen LogP contribution in [0.25, 0.3) is 0 Å². The van der Waals surface area contributed by atoms with Crippen molar-refractivity contribution in [2.24, 2.45) is 5.92 Å². The van der Waals surface area contributed by atoms with Crippen molar-refractivity contribution >= 4 is 0 Å². The molecule has 1 aliphatic rings. The van der Waals surface area contributed by atoms with E-state index in [-0.39, 0.29) is 0 Å². The molecule has 1 aliphatic carbocycles. The summed E-state index contributed by atoms with van der Waals surface area (Å²) in [6.45, 7) is 1.96. The maximum absolute atomic E-state index is 5.40. The number of benzene rings is 1. The summed E-state index contributed by atoms with van der Waals surface area (Å²) in [5, 5.41) is 3.49. The molecule has 94 valence electrons. The summed E-state index contributed by atoms with van der Waals surface area (Å²) in [5.41, 5.74) is 1.16. The lowest BCUT2D eigenvalue weighted by molar-refractivity contribution is 0.299. The van der Waals surface area contributed by atoms with Gasteiger partial charge in [0.05, 0.1) is 14.2 Å². The number of rotatable bonds is 6. The second-order valence-corrected chi connectivity index (χ2v) is 4.58. The molecular formula is C14H21NO2. The van der Waals surface area contributed by atoms with E-state index in [1.54, 1.807) is 14.2 Å². The average Bonchev–Trinajstić information content (AvgIpc) is 2.31. The molecule has 1 aromatic rings. The van der Waals surface area contributed by atoms with E-state index < -0.39 is 0 Å². The van der Waals surface area contributed by atoms with Gasteiger partial charge in [0, 0.05) is 12.1 Å². The lowest BCUT2D eigenvalue weighted by atomic mass is 9.85. The molecule has 0 aromatic heterocycles. The van der Waals surface area contributed by atoms with Gasteiger partial charge < -0.3 is 14.8 Å². The Morgan fingerprint density at radius 1 is 1.24 bits per heavy atom. The minimum Gasteiger partial charge on any atom is -0.493 e. The molecule has 1 aromatic carbocycles. The van der Waals surface area contributed by atoms with E-state index in [1.807, 2.05) is 12.1 Å². The Labute approximate surface area is 103 Å². The van der Waals surface area contributed by atoms with E-state index in [0.717, 1.165) is 36.1 Å². The monoisotopic (exact) mass is 235 g/mol. The number of methoxy groups -OCH3 is 2. The van der Waals surface area contributed by atoms with Crippen LogP contribution in [0.1, 0.15) is 24.8 Å². The first-order valence-electron chi connectivity index (χ1n) is 6.25. The van der Waals surface area contributed by atoms with Crippen molar-refractivity contribution in [3.8, 4) is 11.5 Å². The highest BCUT2D eigenvalue weighted by molar-refractivity contribution is 5.46. The molecule has 0 unspecified atom stereocenters. The van der Waals surface area contributed by atoms with Gasteiger partial charge in [-0.1, -0.05) is 18.6 Å². The third-order valence-corrected chi connectivity index (χ3v) is 3.46. The van der Waals surface area contributed by atoms with Gasteiger partial charge in [-0.3, -0.25) is 0 Å². The highest BCUT2D eigenvalue weighted by Gasteiger charge is 2.17. The van der Waals surface area contributed by atoms with Crippen LogP contribution in [-0.2, 0) is 6.54 Å². The van der Waals surface area contributed by atoms with Gasteiger partial charge in [0.1, 0.15) is 0 Å². The van der Waals surface area contributed by atoms with Crippen molar-refractivity contribution in [3.63, 3.8) is 0 Å². The molecular weight excluding hydrogens is 214 g/mol. The Kier molecular flexibility index (Phi) is 4.26. The van der Waals surface area contributed by atoms with Gasteiger partial charge >= 0.3 is 0 Å². The molecule has 1 N–H and O–H groups in total. The lowest BCUT2D eigenvalue weighted by Crippen LogP contribution is -2.27. The SMILES string of the molecule is COc1cccc(CNCC2CCC2)c1OC. The van der Waals surface area contributed by atoms with E-state index in [0.29, 0.717) is 0 Å². The van der Waals surface area contributed by atoms with Crippen molar-refractivity contribution in [1.82, 2.24) is 5.32 Å². The normalized spacial score (nSPS) is 15.4. The zero-order valence-electron chi connectivity index (χ0n) is 10.7. The van der Waals surface area contributed by atoms with Gasteiger partial charge in [-0.25, -0.2) is 0 Å². The molecule has 0 saturated heterocycles. The minimum atomic E-state index is 0.801. The predicted molar refractivity (Wildman–Crippen MR) is 68.6 cm³/mol. The molecule has 0 spiro atoms. The first kappa shape index (κ1) is 12.2. The summed E-state index contributed by atoms with van der Waals surface area (Å²) in [6, 6.07) is 6.01. The Morgan fingerprint density at radius 2 is 2.06 bits per heavy atom. The van der Waals surface area contributed by atoms with Crippen LogP contribution in [-0.4, -0.2) is 20.8 Å². The molecule has 2 rings (SSSR count). The number of nitrogens with one attached hydrogen (secondary N) is 1. The molecule has 0 bridgehead atoms. The van der Waals surface area contributed by atoms with Gasteiger partial charge in [0.25, 0.3) is 0 Å². The number of hydrogen-bond acceptors (Lipinski definition) is 3. The van der Waals surface area contributed by atoms with Crippen LogP contribution in [0.4, 0.5) is 0 Å². The molecule has 1 fully saturated rings. The van der Waals surface area contributed by atoms with Crippen molar-refractivity contribution in [2.45, 2.75) is 25.8 Å². The summed E-state index contributed by atoms with van der Waals surface area (Å²) in [7, 11) is 3.36. The van der Waals surface area contributed by atoms with Crippen molar-refractivity contribution in [3.05, 3.63) is 23.8 Å². The first-order chi connectivity index (χ1) is 8.35. The Hall–Kier alpha value is -1.22. The number of para-hydroxylation sites is 1. The molecule has 0 amide bonds. The molecule has 0 radical (unpaired) electrons. The van der Waals surface area contributed by atoms with Crippen molar-refractivity contribution in [1.29, 1.82) is 0 Å². The highest BCUT2D eigenvalue weighted by Crippen LogP contribution is 2.31. The van der Waals surface area contributed by atoms with Gasteiger partial charge in [0.15, 0.2) is 11.5 Å². The molecule has 0 atom stereocenters. The maximum Gasteiger partial charge on any atom is 0.165 e. The lowest BCUT2D eigenvalue weighted by Gasteiger charge is -2.25. The zero-order chi connectivity index (χ0) is 12.1. The Bertz CT molecular complexity index is 361. The minimum absolute atomic E-state index is 0.801. The van der Waals surface area contributed by atoms with Crippen LogP contribution in [0.5, 0.6) is 11.5 Å². The fourth-order valence-corrected chi connectivity index (χ4v) is 2.20. The molecule has 3 nitrogen and oxygen atoms in total. The smallest absolute Gasteiger partial charge is 0.165 e. The van der Waals surface area contributed by atoms with Crippen LogP contribution < -0.4 is 14.8 Å². The third-order valence-electron chi connectivity index (χ3n) is 3.46. The second kappa shape index (κ2) is 5.92. The zero-order valence-corrected chi connectivity index (χ0v) is 10.7. The standard InChI is InChI=1S/C14H21NO2/c1-16-13-8-4-7-12(14(13)17-2)10-15-9-11-5-3-6-11/h4,7-8,11,15H,3,5-6,9-10H2,1-2H3. The Balaban J connectivity index is 1.93. The second-order valence-electron chi connectivity index (χ2n) is 4.58.